The van der Waals surface area contributed by atoms with Gasteiger partial charge in [-0.15, -0.1) is 0 Å². The van der Waals surface area contributed by atoms with Crippen LogP contribution in [0, 0.1) is 0 Å². The van der Waals surface area contributed by atoms with E-state index in [1.54, 1.807) is 6.26 Å². The van der Waals surface area contributed by atoms with Crippen molar-refractivity contribution >= 4 is 23.0 Å². The zero-order chi connectivity index (χ0) is 13.0. The molecule has 0 aliphatic heterocycles. The Balaban J connectivity index is 1.92. The SMILES string of the molecule is CC(CCc1ccco1)Nc1c(N)cccc1Cl. The molecule has 0 spiro atoms. The fraction of sp³-hybridized carbons (Fsp3) is 0.286. The lowest BCUT2D eigenvalue weighted by Gasteiger charge is -2.17. The van der Waals surface area contributed by atoms with Gasteiger partial charge in [0.15, 0.2) is 0 Å². The first-order chi connectivity index (χ1) is 8.66. The summed E-state index contributed by atoms with van der Waals surface area (Å²) in [5.74, 6) is 0.996. The Morgan fingerprint density at radius 3 is 2.83 bits per heavy atom. The molecule has 3 nitrogen and oxygen atoms in total. The standard InChI is InChI=1S/C14H17ClN2O/c1-10(7-8-11-4-3-9-18-11)17-14-12(15)5-2-6-13(14)16/h2-6,9-10,17H,7-8,16H2,1H3. The molecule has 3 N–H and O–H groups in total. The van der Waals surface area contributed by atoms with E-state index in [1.807, 2.05) is 30.3 Å². The number of furan rings is 1. The normalized spacial score (nSPS) is 12.3. The highest BCUT2D eigenvalue weighted by Crippen LogP contribution is 2.28. The van der Waals surface area contributed by atoms with E-state index in [1.165, 1.54) is 0 Å². The molecule has 1 atom stereocenters. The van der Waals surface area contributed by atoms with Gasteiger partial charge in [-0.05, 0) is 37.6 Å². The highest BCUT2D eigenvalue weighted by atomic mass is 35.5. The molecule has 0 bridgehead atoms. The number of hydrogen-bond donors (Lipinski definition) is 2. The lowest BCUT2D eigenvalue weighted by Crippen LogP contribution is -2.17. The Kier molecular flexibility index (Phi) is 4.15. The fourth-order valence-electron chi connectivity index (χ4n) is 1.83. The molecular weight excluding hydrogens is 248 g/mol. The van der Waals surface area contributed by atoms with Crippen molar-refractivity contribution in [1.29, 1.82) is 0 Å². The molecule has 1 aromatic carbocycles. The molecule has 0 aliphatic rings. The van der Waals surface area contributed by atoms with Crippen LogP contribution < -0.4 is 11.1 Å². The molecule has 0 radical (unpaired) electrons. The number of aryl methyl sites for hydroxylation is 1. The van der Waals surface area contributed by atoms with E-state index in [2.05, 4.69) is 12.2 Å². The topological polar surface area (TPSA) is 51.2 Å². The van der Waals surface area contributed by atoms with Gasteiger partial charge in [-0.3, -0.25) is 0 Å². The first-order valence-corrected chi connectivity index (χ1v) is 6.37. The van der Waals surface area contributed by atoms with E-state index in [0.717, 1.165) is 24.3 Å². The Morgan fingerprint density at radius 1 is 1.33 bits per heavy atom. The predicted octanol–water partition coefficient (Wildman–Crippen LogP) is 3.95. The summed E-state index contributed by atoms with van der Waals surface area (Å²) in [6.07, 6.45) is 3.54. The quantitative estimate of drug-likeness (QED) is 0.804. The molecule has 1 aromatic heterocycles. The molecule has 96 valence electrons. The monoisotopic (exact) mass is 264 g/mol. The molecule has 1 unspecified atom stereocenters. The van der Waals surface area contributed by atoms with Crippen molar-refractivity contribution in [3.05, 3.63) is 47.4 Å². The molecule has 2 aromatic rings. The van der Waals surface area contributed by atoms with Gasteiger partial charge in [-0.25, -0.2) is 0 Å². The zero-order valence-electron chi connectivity index (χ0n) is 10.3. The number of halogens is 1. The molecule has 0 saturated heterocycles. The van der Waals surface area contributed by atoms with Crippen molar-refractivity contribution in [2.45, 2.75) is 25.8 Å². The van der Waals surface area contributed by atoms with E-state index in [9.17, 15) is 0 Å². The van der Waals surface area contributed by atoms with Gasteiger partial charge in [-0.2, -0.15) is 0 Å². The summed E-state index contributed by atoms with van der Waals surface area (Å²) in [5.41, 5.74) is 7.38. The van der Waals surface area contributed by atoms with Gasteiger partial charge in [0.2, 0.25) is 0 Å². The highest BCUT2D eigenvalue weighted by Gasteiger charge is 2.09. The maximum atomic E-state index is 6.11. The molecule has 0 amide bonds. The van der Waals surface area contributed by atoms with E-state index in [0.29, 0.717) is 10.7 Å². The lowest BCUT2D eigenvalue weighted by atomic mass is 10.1. The van der Waals surface area contributed by atoms with Crippen molar-refractivity contribution in [2.24, 2.45) is 0 Å². The molecule has 0 aliphatic carbocycles. The minimum absolute atomic E-state index is 0.275. The first kappa shape index (κ1) is 12.8. The number of nitrogens with one attached hydrogen (secondary N) is 1. The van der Waals surface area contributed by atoms with E-state index in [-0.39, 0.29) is 6.04 Å². The van der Waals surface area contributed by atoms with Crippen LogP contribution in [-0.4, -0.2) is 6.04 Å². The van der Waals surface area contributed by atoms with Crippen molar-refractivity contribution in [2.75, 3.05) is 11.1 Å². The third kappa shape index (κ3) is 3.20. The molecule has 4 heteroatoms. The minimum atomic E-state index is 0.275. The van der Waals surface area contributed by atoms with Crippen LogP contribution in [0.2, 0.25) is 5.02 Å². The van der Waals surface area contributed by atoms with Gasteiger partial charge < -0.3 is 15.5 Å². The summed E-state index contributed by atoms with van der Waals surface area (Å²) in [5, 5.41) is 3.99. The number of rotatable bonds is 5. The van der Waals surface area contributed by atoms with Crippen LogP contribution in [0.1, 0.15) is 19.1 Å². The average Bonchev–Trinajstić information content (AvgIpc) is 2.84. The molecule has 18 heavy (non-hydrogen) atoms. The molecule has 1 heterocycles. The second-order valence-corrected chi connectivity index (χ2v) is 4.77. The van der Waals surface area contributed by atoms with E-state index >= 15 is 0 Å². The number of nitrogen functional groups attached to an aromatic ring is 1. The Hall–Kier alpha value is -1.61. The third-order valence-corrected chi connectivity index (χ3v) is 3.16. The number of hydrogen-bond acceptors (Lipinski definition) is 3. The second kappa shape index (κ2) is 5.83. The van der Waals surface area contributed by atoms with E-state index < -0.39 is 0 Å². The lowest BCUT2D eigenvalue weighted by molar-refractivity contribution is 0.495. The Labute approximate surface area is 112 Å². The Bertz CT molecular complexity index is 476. The van der Waals surface area contributed by atoms with E-state index in [4.69, 9.17) is 21.8 Å². The van der Waals surface area contributed by atoms with Crippen LogP contribution in [0.25, 0.3) is 0 Å². The predicted molar refractivity (Wildman–Crippen MR) is 76.0 cm³/mol. The van der Waals surface area contributed by atoms with Gasteiger partial charge in [0.1, 0.15) is 5.76 Å². The van der Waals surface area contributed by atoms with Crippen molar-refractivity contribution in [3.8, 4) is 0 Å². The summed E-state index contributed by atoms with van der Waals surface area (Å²) in [6.45, 7) is 2.10. The Morgan fingerprint density at radius 2 is 2.17 bits per heavy atom. The first-order valence-electron chi connectivity index (χ1n) is 5.99. The number of nitrogens with two attached hydrogens (primary N) is 1. The van der Waals surface area contributed by atoms with Crippen LogP contribution in [0.3, 0.4) is 0 Å². The average molecular weight is 265 g/mol. The number of benzene rings is 1. The van der Waals surface area contributed by atoms with Crippen molar-refractivity contribution in [3.63, 3.8) is 0 Å². The smallest absolute Gasteiger partial charge is 0.103 e. The maximum Gasteiger partial charge on any atom is 0.103 e. The summed E-state index contributed by atoms with van der Waals surface area (Å²) in [4.78, 5) is 0. The second-order valence-electron chi connectivity index (χ2n) is 4.37. The zero-order valence-corrected chi connectivity index (χ0v) is 11.1. The van der Waals surface area contributed by atoms with Gasteiger partial charge in [0.25, 0.3) is 0 Å². The maximum absolute atomic E-state index is 6.11. The summed E-state index contributed by atoms with van der Waals surface area (Å²) in [7, 11) is 0. The minimum Gasteiger partial charge on any atom is -0.469 e. The molecule has 0 fully saturated rings. The van der Waals surface area contributed by atoms with Gasteiger partial charge >= 0.3 is 0 Å². The largest absolute Gasteiger partial charge is 0.469 e. The number of para-hydroxylation sites is 1. The van der Waals surface area contributed by atoms with Crippen LogP contribution >= 0.6 is 11.6 Å². The molecule has 2 rings (SSSR count). The van der Waals surface area contributed by atoms with Crippen molar-refractivity contribution in [1.82, 2.24) is 0 Å². The van der Waals surface area contributed by atoms with Crippen LogP contribution in [0.15, 0.2) is 41.0 Å². The van der Waals surface area contributed by atoms with Gasteiger partial charge in [0, 0.05) is 12.5 Å². The van der Waals surface area contributed by atoms with Gasteiger partial charge in [0.05, 0.1) is 22.7 Å². The third-order valence-electron chi connectivity index (χ3n) is 2.84. The van der Waals surface area contributed by atoms with Crippen LogP contribution in [-0.2, 0) is 6.42 Å². The highest BCUT2D eigenvalue weighted by molar-refractivity contribution is 6.33. The van der Waals surface area contributed by atoms with Gasteiger partial charge in [-0.1, -0.05) is 17.7 Å². The van der Waals surface area contributed by atoms with Crippen LogP contribution in [0.4, 0.5) is 11.4 Å². The fourth-order valence-corrected chi connectivity index (χ4v) is 2.06. The number of anilines is 2. The van der Waals surface area contributed by atoms with Crippen molar-refractivity contribution < 1.29 is 4.42 Å². The summed E-state index contributed by atoms with van der Waals surface area (Å²) < 4.78 is 5.30. The molecular formula is C14H17ClN2O. The summed E-state index contributed by atoms with van der Waals surface area (Å²) >= 11 is 6.11. The summed E-state index contributed by atoms with van der Waals surface area (Å²) in [6, 6.07) is 9.68. The molecule has 0 saturated carbocycles. The van der Waals surface area contributed by atoms with Crippen LogP contribution in [0.5, 0.6) is 0 Å².